The Morgan fingerprint density at radius 1 is 1.25 bits per heavy atom. The number of carbonyl (C=O) groups is 1. The first-order valence-corrected chi connectivity index (χ1v) is 7.01. The number of nitrogens with zero attached hydrogens (tertiary/aromatic N) is 1. The zero-order valence-corrected chi connectivity index (χ0v) is 12.7. The quantitative estimate of drug-likeness (QED) is 0.440. The summed E-state index contributed by atoms with van der Waals surface area (Å²) in [4.78, 5) is 10.7. The molecule has 0 aromatic heterocycles. The van der Waals surface area contributed by atoms with Crippen molar-refractivity contribution < 1.29 is 40.6 Å². The number of esters is 1. The highest BCUT2D eigenvalue weighted by Crippen LogP contribution is 2.42. The summed E-state index contributed by atoms with van der Waals surface area (Å²) in [5, 5.41) is 8.98. The van der Waals surface area contributed by atoms with Gasteiger partial charge in [-0.15, -0.1) is 13.2 Å². The number of nitriles is 1. The van der Waals surface area contributed by atoms with Gasteiger partial charge in [-0.3, -0.25) is 4.79 Å². The van der Waals surface area contributed by atoms with Gasteiger partial charge in [-0.2, -0.15) is 18.4 Å². The van der Waals surface area contributed by atoms with Crippen LogP contribution in [0.4, 0.5) is 26.3 Å². The van der Waals surface area contributed by atoms with Crippen LogP contribution in [0.2, 0.25) is 0 Å². The Bertz CT molecular complexity index is 651. The van der Waals surface area contributed by atoms with E-state index in [-0.39, 0.29) is 12.2 Å². The number of carbonyl (C=O) groups excluding carboxylic acids is 1. The lowest BCUT2D eigenvalue weighted by atomic mass is 10.0. The molecule has 0 aliphatic heterocycles. The summed E-state index contributed by atoms with van der Waals surface area (Å²) in [6.07, 6.45) is -5.84. The number of alkyl halides is 6. The number of hydrogen-bond donors (Lipinski definition) is 0. The van der Waals surface area contributed by atoms with Gasteiger partial charge in [-0.05, 0) is 36.4 Å². The smallest absolute Gasteiger partial charge is 0.466 e. The number of benzene rings is 1. The molecule has 1 rings (SSSR count). The maximum Gasteiger partial charge on any atom is 0.573 e. The van der Waals surface area contributed by atoms with E-state index in [4.69, 9.17) is 5.26 Å². The maximum absolute atomic E-state index is 12.6. The fourth-order valence-electron chi connectivity index (χ4n) is 1.67. The van der Waals surface area contributed by atoms with Gasteiger partial charge in [-0.1, -0.05) is 0 Å². The fourth-order valence-corrected chi connectivity index (χ4v) is 2.40. The van der Waals surface area contributed by atoms with Gasteiger partial charge < -0.3 is 9.47 Å². The Morgan fingerprint density at radius 3 is 2.33 bits per heavy atom. The van der Waals surface area contributed by atoms with Crippen molar-refractivity contribution in [2.45, 2.75) is 30.1 Å². The average molecular weight is 373 g/mol. The van der Waals surface area contributed by atoms with Crippen LogP contribution in [-0.2, 0) is 16.0 Å². The Morgan fingerprint density at radius 2 is 1.88 bits per heavy atom. The van der Waals surface area contributed by atoms with E-state index in [1.54, 1.807) is 0 Å². The molecule has 0 radical (unpaired) electrons. The van der Waals surface area contributed by atoms with Crippen LogP contribution >= 0.6 is 11.8 Å². The van der Waals surface area contributed by atoms with Gasteiger partial charge >= 0.3 is 17.8 Å². The SMILES string of the molecule is CCOC(=O)Cc1c(C#N)cc(OC(F)(F)F)cc1SC(F)(F)F. The minimum atomic E-state index is -5.14. The summed E-state index contributed by atoms with van der Waals surface area (Å²) in [7, 11) is 0. The molecule has 0 amide bonds. The second-order valence-corrected chi connectivity index (χ2v) is 5.24. The van der Waals surface area contributed by atoms with Gasteiger partial charge in [0, 0.05) is 4.90 Å². The van der Waals surface area contributed by atoms with Crippen molar-refractivity contribution in [3.8, 4) is 11.8 Å². The molecule has 0 unspecified atom stereocenters. The van der Waals surface area contributed by atoms with E-state index in [2.05, 4.69) is 9.47 Å². The second kappa shape index (κ2) is 7.65. The molecule has 0 spiro atoms. The first-order chi connectivity index (χ1) is 10.9. The summed E-state index contributed by atoms with van der Waals surface area (Å²) in [5.41, 5.74) is -5.77. The van der Waals surface area contributed by atoms with E-state index >= 15 is 0 Å². The third-order valence-corrected chi connectivity index (χ3v) is 3.20. The minimum absolute atomic E-state index is 0.0439. The number of thioether (sulfide) groups is 1. The fraction of sp³-hybridized carbons (Fsp3) is 0.385. The Hall–Kier alpha value is -2.09. The van der Waals surface area contributed by atoms with Crippen LogP contribution in [0.3, 0.4) is 0 Å². The van der Waals surface area contributed by atoms with E-state index in [1.165, 1.54) is 13.0 Å². The highest BCUT2D eigenvalue weighted by molar-refractivity contribution is 8.00. The normalized spacial score (nSPS) is 11.8. The molecule has 4 nitrogen and oxygen atoms in total. The Balaban J connectivity index is 3.37. The van der Waals surface area contributed by atoms with Gasteiger partial charge in [0.25, 0.3) is 0 Å². The van der Waals surface area contributed by atoms with Gasteiger partial charge in [0.2, 0.25) is 0 Å². The molecule has 1 aromatic rings. The maximum atomic E-state index is 12.6. The van der Waals surface area contributed by atoms with Gasteiger partial charge in [0.05, 0.1) is 24.7 Å². The highest BCUT2D eigenvalue weighted by atomic mass is 32.2. The number of ether oxygens (including phenoxy) is 2. The lowest BCUT2D eigenvalue weighted by molar-refractivity contribution is -0.274. The highest BCUT2D eigenvalue weighted by Gasteiger charge is 2.34. The Labute approximate surface area is 136 Å². The zero-order chi connectivity index (χ0) is 18.5. The topological polar surface area (TPSA) is 59.3 Å². The Kier molecular flexibility index (Phi) is 6.36. The van der Waals surface area contributed by atoms with Crippen molar-refractivity contribution in [1.82, 2.24) is 0 Å². The molecular weight excluding hydrogens is 364 g/mol. The van der Waals surface area contributed by atoms with E-state index in [0.29, 0.717) is 12.1 Å². The van der Waals surface area contributed by atoms with Crippen molar-refractivity contribution in [3.63, 3.8) is 0 Å². The third kappa shape index (κ3) is 6.57. The van der Waals surface area contributed by atoms with Gasteiger partial charge in [0.15, 0.2) is 0 Å². The lowest BCUT2D eigenvalue weighted by Crippen LogP contribution is -2.18. The van der Waals surface area contributed by atoms with E-state index in [0.717, 1.165) is 0 Å². The van der Waals surface area contributed by atoms with Crippen molar-refractivity contribution in [3.05, 3.63) is 23.3 Å². The molecule has 0 saturated heterocycles. The van der Waals surface area contributed by atoms with Crippen LogP contribution in [0.5, 0.6) is 5.75 Å². The van der Waals surface area contributed by atoms with Crippen molar-refractivity contribution in [2.24, 2.45) is 0 Å². The molecule has 0 aliphatic rings. The predicted molar refractivity (Wildman–Crippen MR) is 70.1 cm³/mol. The largest absolute Gasteiger partial charge is 0.573 e. The first kappa shape index (κ1) is 20.0. The summed E-state index contributed by atoms with van der Waals surface area (Å²) in [6.45, 7) is 1.42. The van der Waals surface area contributed by atoms with Crippen LogP contribution < -0.4 is 4.74 Å². The monoisotopic (exact) mass is 373 g/mol. The van der Waals surface area contributed by atoms with Crippen LogP contribution in [0.25, 0.3) is 0 Å². The van der Waals surface area contributed by atoms with Crippen LogP contribution in [0.15, 0.2) is 17.0 Å². The standard InChI is InChI=1S/C13H9F6NO3S/c1-2-22-11(21)5-9-7(6-20)3-8(23-12(14,15)16)4-10(9)24-13(17,18)19/h3-4H,2,5H2,1H3. The molecule has 11 heteroatoms. The van der Waals surface area contributed by atoms with Gasteiger partial charge in [0.1, 0.15) is 5.75 Å². The molecule has 0 atom stereocenters. The molecule has 24 heavy (non-hydrogen) atoms. The first-order valence-electron chi connectivity index (χ1n) is 6.19. The summed E-state index contributed by atoms with van der Waals surface area (Å²) in [5.74, 6) is -1.90. The minimum Gasteiger partial charge on any atom is -0.466 e. The molecule has 0 heterocycles. The lowest BCUT2D eigenvalue weighted by Gasteiger charge is -2.15. The predicted octanol–water partition coefficient (Wildman–Crippen LogP) is 4.17. The van der Waals surface area contributed by atoms with Crippen LogP contribution in [-0.4, -0.2) is 24.4 Å². The molecule has 0 saturated carbocycles. The summed E-state index contributed by atoms with van der Waals surface area (Å²) >= 11 is -0.749. The van der Waals surface area contributed by atoms with E-state index < -0.39 is 52.2 Å². The second-order valence-electron chi connectivity index (χ2n) is 4.14. The summed E-state index contributed by atoms with van der Waals surface area (Å²) in [6, 6.07) is 2.55. The van der Waals surface area contributed by atoms with Gasteiger partial charge in [-0.25, -0.2) is 0 Å². The molecule has 0 fully saturated rings. The van der Waals surface area contributed by atoms with E-state index in [1.807, 2.05) is 0 Å². The summed E-state index contributed by atoms with van der Waals surface area (Å²) < 4.78 is 82.7. The van der Waals surface area contributed by atoms with Crippen molar-refractivity contribution >= 4 is 17.7 Å². The van der Waals surface area contributed by atoms with Crippen molar-refractivity contribution in [2.75, 3.05) is 6.61 Å². The molecule has 132 valence electrons. The third-order valence-electron chi connectivity index (χ3n) is 2.39. The molecular formula is C13H9F6NO3S. The van der Waals surface area contributed by atoms with Crippen molar-refractivity contribution in [1.29, 1.82) is 5.26 Å². The number of rotatable bonds is 5. The average Bonchev–Trinajstić information content (AvgIpc) is 2.38. The van der Waals surface area contributed by atoms with E-state index in [9.17, 15) is 31.1 Å². The zero-order valence-electron chi connectivity index (χ0n) is 11.9. The number of halogens is 6. The molecule has 1 aromatic carbocycles. The number of hydrogen-bond acceptors (Lipinski definition) is 5. The van der Waals surface area contributed by atoms with Crippen LogP contribution in [0, 0.1) is 11.3 Å². The van der Waals surface area contributed by atoms with Crippen LogP contribution in [0.1, 0.15) is 18.1 Å². The molecule has 0 aliphatic carbocycles. The molecule has 0 N–H and O–H groups in total. The molecule has 0 bridgehead atoms.